The van der Waals surface area contributed by atoms with Gasteiger partial charge in [-0.25, -0.2) is 0 Å². The molecular weight excluding hydrogens is 522 g/mol. The monoisotopic (exact) mass is 547 g/mol. The number of hydrogen-bond donors (Lipinski definition) is 0. The fourth-order valence-electron chi connectivity index (χ4n) is 6.68. The van der Waals surface area contributed by atoms with Gasteiger partial charge in [-0.3, -0.25) is 9.97 Å². The molecule has 9 rings (SSSR count). The molecule has 0 spiro atoms. The fraction of sp³-hybridized carbons (Fsp3) is 0. The van der Waals surface area contributed by atoms with E-state index < -0.39 is 0 Å². The van der Waals surface area contributed by atoms with Crippen LogP contribution in [0.1, 0.15) is 0 Å². The number of para-hydroxylation sites is 1. The van der Waals surface area contributed by atoms with Gasteiger partial charge in [-0.1, -0.05) is 109 Å². The summed E-state index contributed by atoms with van der Waals surface area (Å²) in [6.45, 7) is 0. The van der Waals surface area contributed by atoms with Crippen LogP contribution in [0, 0.1) is 0 Å². The zero-order valence-electron chi connectivity index (χ0n) is 23.3. The van der Waals surface area contributed by atoms with Crippen LogP contribution in [-0.4, -0.2) is 14.5 Å². The maximum absolute atomic E-state index is 4.92. The molecule has 200 valence electrons. The van der Waals surface area contributed by atoms with Crippen LogP contribution in [0.5, 0.6) is 0 Å². The molecule has 3 heteroatoms. The summed E-state index contributed by atoms with van der Waals surface area (Å²) in [5, 5.41) is 7.44. The van der Waals surface area contributed by atoms with Gasteiger partial charge in [0.25, 0.3) is 0 Å². The highest BCUT2D eigenvalue weighted by Gasteiger charge is 2.18. The van der Waals surface area contributed by atoms with Crippen LogP contribution in [-0.2, 0) is 0 Å². The minimum Gasteiger partial charge on any atom is -0.307 e. The fourth-order valence-corrected chi connectivity index (χ4v) is 6.68. The predicted molar refractivity (Wildman–Crippen MR) is 180 cm³/mol. The number of rotatable bonds is 3. The summed E-state index contributed by atoms with van der Waals surface area (Å²) in [4.78, 5) is 9.80. The number of fused-ring (bicyclic) bond motifs is 6. The van der Waals surface area contributed by atoms with Gasteiger partial charge in [-0.2, -0.15) is 0 Å². The van der Waals surface area contributed by atoms with Crippen molar-refractivity contribution in [1.82, 2.24) is 14.5 Å². The van der Waals surface area contributed by atoms with E-state index in [1.165, 1.54) is 49.0 Å². The number of benzene rings is 7. The topological polar surface area (TPSA) is 30.7 Å². The molecule has 2 heterocycles. The van der Waals surface area contributed by atoms with Crippen molar-refractivity contribution in [3.63, 3.8) is 0 Å². The molecule has 0 bridgehead atoms. The Balaban J connectivity index is 1.23. The van der Waals surface area contributed by atoms with Gasteiger partial charge in [0.1, 0.15) is 5.52 Å². The summed E-state index contributed by atoms with van der Waals surface area (Å²) in [5.41, 5.74) is 9.76. The van der Waals surface area contributed by atoms with E-state index in [1.54, 1.807) is 12.4 Å². The maximum Gasteiger partial charge on any atom is 0.113 e. The van der Waals surface area contributed by atoms with Crippen molar-refractivity contribution in [2.75, 3.05) is 0 Å². The van der Waals surface area contributed by atoms with E-state index in [1.807, 2.05) is 0 Å². The maximum atomic E-state index is 4.92. The van der Waals surface area contributed by atoms with E-state index >= 15 is 0 Å². The third kappa shape index (κ3) is 3.68. The molecule has 0 aliphatic carbocycles. The Labute approximate surface area is 248 Å². The summed E-state index contributed by atoms with van der Waals surface area (Å²) in [6.07, 6.45) is 3.59. The SMILES string of the molecule is c1ccc2cc3c(cc2c1)c1ccccc1n3-c1ccc(-c2ccc(-c3cccc4ccccc34)cc2)c2nccnc12. The van der Waals surface area contributed by atoms with Crippen molar-refractivity contribution in [2.24, 2.45) is 0 Å². The van der Waals surface area contributed by atoms with Crippen LogP contribution in [0.25, 0.3) is 82.3 Å². The number of nitrogens with zero attached hydrogens (tertiary/aromatic N) is 3. The highest BCUT2D eigenvalue weighted by molar-refractivity contribution is 6.14. The molecule has 3 nitrogen and oxygen atoms in total. The third-order valence-electron chi connectivity index (χ3n) is 8.68. The minimum atomic E-state index is 0.883. The van der Waals surface area contributed by atoms with Gasteiger partial charge in [0, 0.05) is 28.7 Å². The van der Waals surface area contributed by atoms with Crippen molar-refractivity contribution in [3.8, 4) is 27.9 Å². The molecule has 0 fully saturated rings. The zero-order chi connectivity index (χ0) is 28.3. The van der Waals surface area contributed by atoms with E-state index in [0.29, 0.717) is 0 Å². The van der Waals surface area contributed by atoms with Crippen LogP contribution in [0.4, 0.5) is 0 Å². The van der Waals surface area contributed by atoms with Crippen molar-refractivity contribution < 1.29 is 0 Å². The van der Waals surface area contributed by atoms with Crippen LogP contribution in [0.3, 0.4) is 0 Å². The third-order valence-corrected chi connectivity index (χ3v) is 8.68. The second-order valence-corrected chi connectivity index (χ2v) is 11.1. The highest BCUT2D eigenvalue weighted by atomic mass is 15.0. The quantitative estimate of drug-likeness (QED) is 0.220. The van der Waals surface area contributed by atoms with Crippen molar-refractivity contribution in [2.45, 2.75) is 0 Å². The largest absolute Gasteiger partial charge is 0.307 e. The molecule has 0 saturated heterocycles. The molecule has 0 aliphatic rings. The lowest BCUT2D eigenvalue weighted by Crippen LogP contribution is -1.99. The summed E-state index contributed by atoms with van der Waals surface area (Å²) in [6, 6.07) is 50.1. The Morgan fingerprint density at radius 2 is 1.02 bits per heavy atom. The minimum absolute atomic E-state index is 0.883. The Morgan fingerprint density at radius 3 is 1.84 bits per heavy atom. The standard InChI is InChI=1S/C40H25N3/c1-2-10-30-25-38-35(24-29(30)9-1)34-13-5-6-15-36(34)43(38)37-21-20-33(39-40(37)42-23-22-41-39)28-18-16-27(17-19-28)32-14-7-11-26-8-3-4-12-31(26)32/h1-25H. The Bertz CT molecular complexity index is 2500. The first-order valence-corrected chi connectivity index (χ1v) is 14.6. The van der Waals surface area contributed by atoms with Gasteiger partial charge >= 0.3 is 0 Å². The lowest BCUT2D eigenvalue weighted by Gasteiger charge is -2.14. The Hall–Kier alpha value is -5.80. The molecule has 0 N–H and O–H groups in total. The molecule has 7 aromatic carbocycles. The first kappa shape index (κ1) is 23.9. The van der Waals surface area contributed by atoms with Crippen molar-refractivity contribution in [3.05, 3.63) is 152 Å². The highest BCUT2D eigenvalue weighted by Crippen LogP contribution is 2.38. The van der Waals surface area contributed by atoms with Crippen LogP contribution >= 0.6 is 0 Å². The Kier molecular flexibility index (Phi) is 5.20. The molecule has 0 unspecified atom stereocenters. The normalized spacial score (nSPS) is 11.7. The van der Waals surface area contributed by atoms with Crippen LogP contribution in [0.2, 0.25) is 0 Å². The average Bonchev–Trinajstić information content (AvgIpc) is 3.39. The van der Waals surface area contributed by atoms with E-state index in [4.69, 9.17) is 9.97 Å². The van der Waals surface area contributed by atoms with Crippen molar-refractivity contribution >= 4 is 54.4 Å². The molecule has 2 aromatic heterocycles. The summed E-state index contributed by atoms with van der Waals surface area (Å²) in [7, 11) is 0. The van der Waals surface area contributed by atoms with E-state index in [9.17, 15) is 0 Å². The molecule has 43 heavy (non-hydrogen) atoms. The lowest BCUT2D eigenvalue weighted by atomic mass is 9.95. The average molecular weight is 548 g/mol. The second-order valence-electron chi connectivity index (χ2n) is 11.1. The lowest BCUT2D eigenvalue weighted by molar-refractivity contribution is 1.17. The molecular formula is C40H25N3. The van der Waals surface area contributed by atoms with Crippen molar-refractivity contribution in [1.29, 1.82) is 0 Å². The molecule has 0 saturated carbocycles. The summed E-state index contributed by atoms with van der Waals surface area (Å²) in [5.74, 6) is 0. The smallest absolute Gasteiger partial charge is 0.113 e. The molecule has 0 amide bonds. The van der Waals surface area contributed by atoms with Gasteiger partial charge < -0.3 is 4.57 Å². The number of hydrogen-bond acceptors (Lipinski definition) is 2. The first-order chi connectivity index (χ1) is 21.3. The summed E-state index contributed by atoms with van der Waals surface area (Å²) < 4.78 is 2.35. The molecule has 0 radical (unpaired) electrons. The van der Waals surface area contributed by atoms with Crippen LogP contribution in [0.15, 0.2) is 152 Å². The van der Waals surface area contributed by atoms with Crippen LogP contribution < -0.4 is 0 Å². The Morgan fingerprint density at radius 1 is 0.395 bits per heavy atom. The molecule has 0 atom stereocenters. The van der Waals surface area contributed by atoms with Gasteiger partial charge in [-0.15, -0.1) is 0 Å². The van der Waals surface area contributed by atoms with E-state index in [-0.39, 0.29) is 0 Å². The number of aromatic nitrogens is 3. The predicted octanol–water partition coefficient (Wildman–Crippen LogP) is 10.4. The van der Waals surface area contributed by atoms with Gasteiger partial charge in [0.2, 0.25) is 0 Å². The van der Waals surface area contributed by atoms with Gasteiger partial charge in [-0.05, 0) is 68.6 Å². The molecule has 9 aromatic rings. The summed E-state index contributed by atoms with van der Waals surface area (Å²) >= 11 is 0. The zero-order valence-corrected chi connectivity index (χ0v) is 23.3. The van der Waals surface area contributed by atoms with E-state index in [2.05, 4.69) is 144 Å². The molecule has 0 aliphatic heterocycles. The second kappa shape index (κ2) is 9.37. The van der Waals surface area contributed by atoms with Gasteiger partial charge in [0.05, 0.1) is 22.2 Å². The van der Waals surface area contributed by atoms with Gasteiger partial charge in [0.15, 0.2) is 0 Å². The van der Waals surface area contributed by atoms with E-state index in [0.717, 1.165) is 33.4 Å². The first-order valence-electron chi connectivity index (χ1n) is 14.6.